The summed E-state index contributed by atoms with van der Waals surface area (Å²) in [6.07, 6.45) is 0.134. The van der Waals surface area contributed by atoms with Crippen LogP contribution in [0.4, 0.5) is 13.2 Å². The molecule has 1 amide bonds. The number of piperidine rings is 1. The summed E-state index contributed by atoms with van der Waals surface area (Å²) in [6, 6.07) is 18.8. The molecule has 2 aromatic carbocycles. The minimum absolute atomic E-state index is 0.0231. The third-order valence-electron chi connectivity index (χ3n) is 9.65. The van der Waals surface area contributed by atoms with Gasteiger partial charge in [-0.2, -0.15) is 18.4 Å². The first-order valence-electron chi connectivity index (χ1n) is 14.8. The fourth-order valence-electron chi connectivity index (χ4n) is 7.00. The Labute approximate surface area is 245 Å². The Morgan fingerprint density at radius 3 is 2.21 bits per heavy atom. The van der Waals surface area contributed by atoms with Crippen molar-refractivity contribution in [2.24, 2.45) is 10.8 Å². The van der Waals surface area contributed by atoms with Gasteiger partial charge < -0.3 is 14.5 Å². The van der Waals surface area contributed by atoms with E-state index in [1.54, 1.807) is 0 Å². The van der Waals surface area contributed by atoms with Crippen molar-refractivity contribution in [2.75, 3.05) is 33.3 Å². The van der Waals surface area contributed by atoms with Crippen LogP contribution in [0.3, 0.4) is 0 Å². The molecule has 6 nitrogen and oxygen atoms in total. The van der Waals surface area contributed by atoms with Gasteiger partial charge in [0, 0.05) is 25.0 Å². The highest BCUT2D eigenvalue weighted by Crippen LogP contribution is 2.49. The maximum absolute atomic E-state index is 14.0. The number of alkyl halides is 3. The minimum atomic E-state index is -4.96. The summed E-state index contributed by atoms with van der Waals surface area (Å²) in [7, 11) is 1.42. The van der Waals surface area contributed by atoms with Crippen molar-refractivity contribution >= 4 is 11.9 Å². The number of likely N-dealkylation sites (tertiary alicyclic amines) is 1. The summed E-state index contributed by atoms with van der Waals surface area (Å²) < 4.78 is 47.0. The zero-order valence-corrected chi connectivity index (χ0v) is 24.0. The molecule has 2 aromatic rings. The zero-order chi connectivity index (χ0) is 30.0. The number of halogens is 3. The lowest BCUT2D eigenvalue weighted by atomic mass is 9.67. The molecule has 2 aliphatic carbocycles. The molecule has 0 bridgehead atoms. The number of nitriles is 1. The predicted octanol–water partition coefficient (Wildman–Crippen LogP) is 5.67. The normalized spacial score (nSPS) is 22.8. The van der Waals surface area contributed by atoms with E-state index in [0.717, 1.165) is 40.9 Å². The lowest BCUT2D eigenvalue weighted by Gasteiger charge is -2.48. The molecule has 1 saturated heterocycles. The number of amides is 1. The van der Waals surface area contributed by atoms with Gasteiger partial charge in [-0.15, -0.1) is 0 Å². The summed E-state index contributed by atoms with van der Waals surface area (Å²) in [4.78, 5) is 28.8. The van der Waals surface area contributed by atoms with E-state index in [9.17, 15) is 22.8 Å². The quantitative estimate of drug-likeness (QED) is 0.338. The maximum atomic E-state index is 14.0. The molecule has 0 aromatic heterocycles. The first-order valence-corrected chi connectivity index (χ1v) is 14.8. The van der Waals surface area contributed by atoms with E-state index in [2.05, 4.69) is 11.0 Å². The molecule has 0 radical (unpaired) electrons. The van der Waals surface area contributed by atoms with E-state index in [4.69, 9.17) is 10.00 Å². The number of ether oxygens (including phenoxy) is 1. The van der Waals surface area contributed by atoms with Crippen LogP contribution in [0.2, 0.25) is 0 Å². The van der Waals surface area contributed by atoms with Crippen LogP contribution in [-0.4, -0.2) is 67.2 Å². The van der Waals surface area contributed by atoms with Gasteiger partial charge in [0.2, 0.25) is 0 Å². The van der Waals surface area contributed by atoms with Crippen LogP contribution in [0.1, 0.15) is 61.1 Å². The Hall–Kier alpha value is -3.38. The highest BCUT2D eigenvalue weighted by Gasteiger charge is 2.54. The van der Waals surface area contributed by atoms with Crippen LogP contribution in [0.5, 0.6) is 0 Å². The van der Waals surface area contributed by atoms with Gasteiger partial charge in [0.15, 0.2) is 0 Å². The fourth-order valence-corrected chi connectivity index (χ4v) is 7.00. The average Bonchev–Trinajstić information content (AvgIpc) is 3.76. The monoisotopic (exact) mass is 581 g/mol. The summed E-state index contributed by atoms with van der Waals surface area (Å²) in [5.41, 5.74) is 1.76. The smallest absolute Gasteiger partial charge is 0.469 e. The molecule has 5 rings (SSSR count). The third kappa shape index (κ3) is 6.49. The van der Waals surface area contributed by atoms with Gasteiger partial charge in [0.05, 0.1) is 25.0 Å². The lowest BCUT2D eigenvalue weighted by Crippen LogP contribution is -2.55. The van der Waals surface area contributed by atoms with Crippen molar-refractivity contribution in [1.29, 1.82) is 5.26 Å². The number of hydrogen-bond donors (Lipinski definition) is 0. The number of carbonyl (C=O) groups excluding carboxylic acids is 2. The second-order valence-electron chi connectivity index (χ2n) is 12.5. The molecule has 42 heavy (non-hydrogen) atoms. The van der Waals surface area contributed by atoms with Crippen molar-refractivity contribution in [3.8, 4) is 6.07 Å². The van der Waals surface area contributed by atoms with Crippen LogP contribution in [0.25, 0.3) is 0 Å². The SMILES string of the molecule is COC(=O)C1(CN2CCC(Cc3ccc(CC#N)cc3)(CN(C(=O)C(F)(F)F)[C@@H]3C[C@H]3c3ccccc3)CC2)CCC1. The summed E-state index contributed by atoms with van der Waals surface area (Å²) in [5, 5.41) is 9.03. The summed E-state index contributed by atoms with van der Waals surface area (Å²) >= 11 is 0. The van der Waals surface area contributed by atoms with Crippen molar-refractivity contribution in [1.82, 2.24) is 9.80 Å². The van der Waals surface area contributed by atoms with Gasteiger partial charge in [-0.1, -0.05) is 61.0 Å². The third-order valence-corrected chi connectivity index (χ3v) is 9.65. The second kappa shape index (κ2) is 12.1. The Balaban J connectivity index is 1.39. The molecule has 3 fully saturated rings. The molecule has 1 heterocycles. The Morgan fingerprint density at radius 1 is 1.02 bits per heavy atom. The highest BCUT2D eigenvalue weighted by atomic mass is 19.4. The molecule has 2 atom stereocenters. The van der Waals surface area contributed by atoms with Crippen LogP contribution in [0, 0.1) is 22.2 Å². The largest absolute Gasteiger partial charge is 0.471 e. The van der Waals surface area contributed by atoms with Crippen molar-refractivity contribution in [2.45, 2.75) is 69.5 Å². The topological polar surface area (TPSA) is 73.6 Å². The minimum Gasteiger partial charge on any atom is -0.469 e. The summed E-state index contributed by atoms with van der Waals surface area (Å²) in [6.45, 7) is 1.87. The molecule has 0 spiro atoms. The van der Waals surface area contributed by atoms with Crippen LogP contribution >= 0.6 is 0 Å². The van der Waals surface area contributed by atoms with Gasteiger partial charge in [-0.05, 0) is 73.7 Å². The van der Waals surface area contributed by atoms with Gasteiger partial charge in [-0.25, -0.2) is 0 Å². The molecule has 0 unspecified atom stereocenters. The Morgan fingerprint density at radius 2 is 1.67 bits per heavy atom. The Kier molecular flexibility index (Phi) is 8.66. The summed E-state index contributed by atoms with van der Waals surface area (Å²) in [5.74, 6) is -2.07. The molecule has 9 heteroatoms. The van der Waals surface area contributed by atoms with Crippen molar-refractivity contribution in [3.63, 3.8) is 0 Å². The molecular weight excluding hydrogens is 543 g/mol. The van der Waals surface area contributed by atoms with E-state index in [1.807, 2.05) is 54.6 Å². The molecule has 1 aliphatic heterocycles. The van der Waals surface area contributed by atoms with E-state index in [-0.39, 0.29) is 18.4 Å². The molecule has 2 saturated carbocycles. The fraction of sp³-hybridized carbons (Fsp3) is 0.545. The number of methoxy groups -OCH3 is 1. The number of esters is 1. The first kappa shape index (κ1) is 30.1. The van der Waals surface area contributed by atoms with Gasteiger partial charge in [0.25, 0.3) is 0 Å². The standard InChI is InChI=1S/C33H38F3N3O3/c1-42-30(41)32(13-5-14-32)23-38-18-15-31(16-19-38,21-25-10-8-24(9-11-25)12-17-37)22-39(29(40)33(34,35)36)28-20-27(28)26-6-3-2-4-7-26/h2-4,6-11,27-28H,5,12-16,18-23H2,1H3/t27-,28+/m0/s1. The first-order chi connectivity index (χ1) is 20.1. The molecule has 224 valence electrons. The number of rotatable bonds is 10. The predicted molar refractivity (Wildman–Crippen MR) is 151 cm³/mol. The van der Waals surface area contributed by atoms with E-state index >= 15 is 0 Å². The van der Waals surface area contributed by atoms with Crippen LogP contribution in [-0.2, 0) is 27.2 Å². The van der Waals surface area contributed by atoms with E-state index in [0.29, 0.717) is 51.7 Å². The van der Waals surface area contributed by atoms with E-state index in [1.165, 1.54) is 7.11 Å². The van der Waals surface area contributed by atoms with E-state index < -0.39 is 29.0 Å². The second-order valence-corrected chi connectivity index (χ2v) is 12.5. The van der Waals surface area contributed by atoms with Gasteiger partial charge in [0.1, 0.15) is 0 Å². The lowest BCUT2D eigenvalue weighted by molar-refractivity contribution is -0.188. The van der Waals surface area contributed by atoms with Crippen molar-refractivity contribution in [3.05, 3.63) is 71.3 Å². The average molecular weight is 582 g/mol. The Bertz CT molecular complexity index is 1290. The van der Waals surface area contributed by atoms with Crippen molar-refractivity contribution < 1.29 is 27.5 Å². The number of benzene rings is 2. The van der Waals surface area contributed by atoms with Gasteiger partial charge in [-0.3, -0.25) is 9.59 Å². The van der Waals surface area contributed by atoms with Gasteiger partial charge >= 0.3 is 18.1 Å². The van der Waals surface area contributed by atoms with Crippen LogP contribution in [0.15, 0.2) is 54.6 Å². The highest BCUT2D eigenvalue weighted by molar-refractivity contribution is 5.83. The molecular formula is C33H38F3N3O3. The number of carbonyl (C=O) groups is 2. The number of hydrogen-bond acceptors (Lipinski definition) is 5. The zero-order valence-electron chi connectivity index (χ0n) is 24.0. The number of nitrogens with zero attached hydrogens (tertiary/aromatic N) is 3. The molecule has 3 aliphatic rings. The maximum Gasteiger partial charge on any atom is 0.471 e. The van der Waals surface area contributed by atoms with Crippen LogP contribution < -0.4 is 0 Å². The molecule has 0 N–H and O–H groups in total.